The Bertz CT molecular complexity index is 1760. The molecule has 268 valence electrons. The molecule has 6 rings (SSSR count). The van der Waals surface area contributed by atoms with Crippen LogP contribution in [0.1, 0.15) is 42.1 Å². The Hall–Kier alpha value is -4.37. The SMILES string of the molecule is Cc1nc(C)n(CC(=O)N2CCN(c3sc(C(F)(F)F)nc3-c3ccc(C(F)(F)F)nc3)C[C@H]2C)n1.OB(O)c1cnc(N2CCCC2)nc1. The minimum absolute atomic E-state index is 0.0156. The lowest BCUT2D eigenvalue weighted by Gasteiger charge is -2.40. The van der Waals surface area contributed by atoms with Gasteiger partial charge in [-0.25, -0.2) is 24.6 Å². The molecule has 50 heavy (non-hydrogen) atoms. The van der Waals surface area contributed by atoms with Crippen LogP contribution in [0.2, 0.25) is 0 Å². The van der Waals surface area contributed by atoms with Gasteiger partial charge in [-0.3, -0.25) is 9.78 Å². The normalized spacial score (nSPS) is 16.8. The molecule has 0 aliphatic carbocycles. The van der Waals surface area contributed by atoms with Gasteiger partial charge in [0.2, 0.25) is 16.9 Å². The van der Waals surface area contributed by atoms with Gasteiger partial charge in [0.05, 0.1) is 0 Å². The van der Waals surface area contributed by atoms with Crippen molar-refractivity contribution in [3.63, 3.8) is 0 Å². The van der Waals surface area contributed by atoms with E-state index >= 15 is 0 Å². The van der Waals surface area contributed by atoms with Crippen molar-refractivity contribution in [1.82, 2.24) is 39.6 Å². The lowest BCUT2D eigenvalue weighted by Crippen LogP contribution is -2.54. The molecule has 1 atom stereocenters. The molecule has 0 radical (unpaired) electrons. The fourth-order valence-electron chi connectivity index (χ4n) is 5.52. The van der Waals surface area contributed by atoms with Gasteiger partial charge < -0.3 is 24.7 Å². The molecule has 2 N–H and O–H groups in total. The third kappa shape index (κ3) is 8.67. The molecule has 2 saturated heterocycles. The largest absolute Gasteiger partial charge is 0.491 e. The Morgan fingerprint density at radius 1 is 0.920 bits per heavy atom. The van der Waals surface area contributed by atoms with Gasteiger partial charge in [0.25, 0.3) is 0 Å². The second-order valence-electron chi connectivity index (χ2n) is 11.7. The van der Waals surface area contributed by atoms with Gasteiger partial charge in [-0.15, -0.1) is 0 Å². The molecule has 21 heteroatoms. The number of pyridine rings is 1. The van der Waals surface area contributed by atoms with Crippen molar-refractivity contribution in [3.8, 4) is 11.3 Å². The van der Waals surface area contributed by atoms with Gasteiger partial charge in [-0.1, -0.05) is 11.3 Å². The first-order valence-electron chi connectivity index (χ1n) is 15.5. The molecule has 2 aliphatic rings. The van der Waals surface area contributed by atoms with Crippen molar-refractivity contribution in [3.05, 3.63) is 53.1 Å². The summed E-state index contributed by atoms with van der Waals surface area (Å²) in [5, 5.41) is 20.9. The molecule has 4 aromatic heterocycles. The fraction of sp³-hybridized carbons (Fsp3) is 0.483. The highest BCUT2D eigenvalue weighted by atomic mass is 32.1. The number of thiazole rings is 1. The number of amides is 1. The van der Waals surface area contributed by atoms with E-state index in [4.69, 9.17) is 10.0 Å². The lowest BCUT2D eigenvalue weighted by molar-refractivity contribution is -0.141. The van der Waals surface area contributed by atoms with Crippen LogP contribution < -0.4 is 15.3 Å². The van der Waals surface area contributed by atoms with Crippen LogP contribution in [0, 0.1) is 13.8 Å². The van der Waals surface area contributed by atoms with Gasteiger partial charge >= 0.3 is 19.5 Å². The van der Waals surface area contributed by atoms with Gasteiger partial charge in [0.1, 0.15) is 34.6 Å². The van der Waals surface area contributed by atoms with Crippen molar-refractivity contribution < 1.29 is 41.2 Å². The van der Waals surface area contributed by atoms with E-state index in [0.29, 0.717) is 40.5 Å². The highest BCUT2D eigenvalue weighted by Gasteiger charge is 2.39. The molecule has 1 amide bonds. The number of carbonyl (C=O) groups is 1. The highest BCUT2D eigenvalue weighted by molar-refractivity contribution is 7.16. The fourth-order valence-corrected chi connectivity index (χ4v) is 6.52. The first kappa shape index (κ1) is 36.9. The summed E-state index contributed by atoms with van der Waals surface area (Å²) >= 11 is 0.411. The molecule has 2 fully saturated rings. The number of alkyl halides is 6. The number of carbonyl (C=O) groups excluding carboxylic acids is 1. The molecule has 0 saturated carbocycles. The van der Waals surface area contributed by atoms with Gasteiger partial charge in [0.15, 0.2) is 0 Å². The Labute approximate surface area is 286 Å². The van der Waals surface area contributed by atoms with E-state index in [1.165, 1.54) is 29.9 Å². The van der Waals surface area contributed by atoms with Crippen LogP contribution in [-0.2, 0) is 23.7 Å². The summed E-state index contributed by atoms with van der Waals surface area (Å²) in [6.07, 6.45) is -3.29. The molecule has 0 aromatic carbocycles. The Balaban J connectivity index is 0.000000288. The van der Waals surface area contributed by atoms with E-state index in [0.717, 1.165) is 25.4 Å². The molecule has 0 bridgehead atoms. The second-order valence-corrected chi connectivity index (χ2v) is 12.7. The van der Waals surface area contributed by atoms with Crippen LogP contribution in [0.15, 0.2) is 30.7 Å². The predicted molar refractivity (Wildman–Crippen MR) is 172 cm³/mol. The van der Waals surface area contributed by atoms with Crippen LogP contribution in [0.4, 0.5) is 37.3 Å². The summed E-state index contributed by atoms with van der Waals surface area (Å²) < 4.78 is 80.6. The van der Waals surface area contributed by atoms with Crippen LogP contribution in [0.25, 0.3) is 11.3 Å². The van der Waals surface area contributed by atoms with Crippen LogP contribution >= 0.6 is 11.3 Å². The minimum Gasteiger partial charge on any atom is -0.423 e. The number of anilines is 2. The van der Waals surface area contributed by atoms with Gasteiger partial charge in [0, 0.05) is 68.4 Å². The summed E-state index contributed by atoms with van der Waals surface area (Å²) in [5.41, 5.74) is -0.896. The molecular formula is C29H33BF6N10O3S. The van der Waals surface area contributed by atoms with Crippen molar-refractivity contribution in [1.29, 1.82) is 0 Å². The summed E-state index contributed by atoms with van der Waals surface area (Å²) in [5.74, 6) is 1.59. The quantitative estimate of drug-likeness (QED) is 0.223. The average Bonchev–Trinajstić information content (AvgIpc) is 3.82. The smallest absolute Gasteiger partial charge is 0.423 e. The zero-order valence-corrected chi connectivity index (χ0v) is 28.0. The number of rotatable bonds is 6. The third-order valence-corrected chi connectivity index (χ3v) is 9.17. The number of nitrogens with zero attached hydrogens (tertiary/aromatic N) is 10. The molecule has 4 aromatic rings. The van der Waals surface area contributed by atoms with Gasteiger partial charge in [-0.05, 0) is 45.7 Å². The average molecular weight is 727 g/mol. The minimum atomic E-state index is -4.73. The van der Waals surface area contributed by atoms with Crippen LogP contribution in [-0.4, -0.2) is 101 Å². The summed E-state index contributed by atoms with van der Waals surface area (Å²) in [4.78, 5) is 37.6. The molecule has 13 nitrogen and oxygen atoms in total. The van der Waals surface area contributed by atoms with E-state index in [-0.39, 0.29) is 54.4 Å². The van der Waals surface area contributed by atoms with Crippen molar-refractivity contribution >= 4 is 40.8 Å². The number of aromatic nitrogens is 7. The lowest BCUT2D eigenvalue weighted by atomic mass is 9.83. The third-order valence-electron chi connectivity index (χ3n) is 8.01. The number of hydrogen-bond acceptors (Lipinski definition) is 12. The standard InChI is InChI=1S/C21H21F6N7OS.C8H12BN3O2/c1-11-9-32(6-7-33(11)16(35)10-34-13(3)29-12(2)31-34)18-17(30-19(36-18)21(25,26)27)14-4-5-15(28-8-14)20(22,23)24;13-9(14)7-5-10-8(11-6-7)12-3-1-2-4-12/h4-5,8,11H,6-7,9-10H2,1-3H3;5-6,13-14H,1-4H2/t11-;/m1./s1. The molecule has 0 unspecified atom stereocenters. The maximum Gasteiger partial charge on any atom is 0.491 e. The molecule has 0 spiro atoms. The van der Waals surface area contributed by atoms with E-state index in [2.05, 4.69) is 34.9 Å². The first-order chi connectivity index (χ1) is 23.5. The second kappa shape index (κ2) is 14.9. The van der Waals surface area contributed by atoms with Crippen LogP contribution in [0.3, 0.4) is 0 Å². The van der Waals surface area contributed by atoms with E-state index < -0.39 is 30.2 Å². The molecular weight excluding hydrogens is 693 g/mol. The number of piperazine rings is 1. The Morgan fingerprint density at radius 2 is 1.60 bits per heavy atom. The van der Waals surface area contributed by atoms with Crippen molar-refractivity contribution in [2.24, 2.45) is 0 Å². The van der Waals surface area contributed by atoms with E-state index in [1.54, 1.807) is 30.6 Å². The monoisotopic (exact) mass is 726 g/mol. The maximum atomic E-state index is 13.5. The Morgan fingerprint density at radius 3 is 2.12 bits per heavy atom. The summed E-state index contributed by atoms with van der Waals surface area (Å²) in [6, 6.07) is 1.41. The molecule has 6 heterocycles. The maximum absolute atomic E-state index is 13.5. The number of halogens is 6. The van der Waals surface area contributed by atoms with Crippen molar-refractivity contribution in [2.75, 3.05) is 42.5 Å². The Kier molecular flexibility index (Phi) is 11.0. The predicted octanol–water partition coefficient (Wildman–Crippen LogP) is 2.94. The van der Waals surface area contributed by atoms with Crippen LogP contribution in [0.5, 0.6) is 0 Å². The first-order valence-corrected chi connectivity index (χ1v) is 16.3. The number of hydrogen-bond donors (Lipinski definition) is 2. The number of aryl methyl sites for hydroxylation is 2. The molecule has 2 aliphatic heterocycles. The summed E-state index contributed by atoms with van der Waals surface area (Å²) in [6.45, 7) is 7.83. The topological polar surface area (TPSA) is 150 Å². The van der Waals surface area contributed by atoms with Crippen molar-refractivity contribution in [2.45, 2.75) is 58.6 Å². The zero-order chi connectivity index (χ0) is 36.4. The zero-order valence-electron chi connectivity index (χ0n) is 27.1. The van der Waals surface area contributed by atoms with E-state index in [1.807, 2.05) is 0 Å². The summed E-state index contributed by atoms with van der Waals surface area (Å²) in [7, 11) is -1.48. The van der Waals surface area contributed by atoms with E-state index in [9.17, 15) is 31.1 Å². The van der Waals surface area contributed by atoms with Gasteiger partial charge in [-0.2, -0.15) is 31.4 Å². The highest BCUT2D eigenvalue weighted by Crippen LogP contribution is 2.43.